The number of rotatable bonds is 1. The molecule has 1 heterocycles. The number of thioether (sulfide) groups is 1. The van der Waals surface area contributed by atoms with E-state index in [1.807, 2.05) is 0 Å². The van der Waals surface area contributed by atoms with Crippen LogP contribution in [0, 0.1) is 5.92 Å². The highest BCUT2D eigenvalue weighted by atomic mass is 32.2. The second-order valence-corrected chi connectivity index (χ2v) is 5.40. The minimum atomic E-state index is 0.853. The van der Waals surface area contributed by atoms with E-state index < -0.39 is 0 Å². The maximum atomic E-state index is 3.64. The molecule has 1 saturated heterocycles. The predicted octanol–water partition coefficient (Wildman–Crippen LogP) is 2.27. The molecule has 0 aromatic carbocycles. The Morgan fingerprint density at radius 3 is 3.17 bits per heavy atom. The van der Waals surface area contributed by atoms with Crippen molar-refractivity contribution in [3.8, 4) is 0 Å². The van der Waals surface area contributed by atoms with E-state index in [0.717, 1.165) is 17.2 Å². The van der Waals surface area contributed by atoms with Crippen LogP contribution in [0.25, 0.3) is 0 Å². The van der Waals surface area contributed by atoms with Gasteiger partial charge in [-0.2, -0.15) is 11.8 Å². The molecule has 0 bridgehead atoms. The second kappa shape index (κ2) is 4.01. The summed E-state index contributed by atoms with van der Waals surface area (Å²) in [6.45, 7) is 3.58. The van der Waals surface area contributed by atoms with Crippen LogP contribution in [0.15, 0.2) is 0 Å². The molecule has 0 radical (unpaired) electrons. The van der Waals surface area contributed by atoms with Crippen molar-refractivity contribution < 1.29 is 0 Å². The van der Waals surface area contributed by atoms with Gasteiger partial charge in [-0.3, -0.25) is 0 Å². The predicted molar refractivity (Wildman–Crippen MR) is 55.7 cm³/mol. The van der Waals surface area contributed by atoms with Gasteiger partial charge < -0.3 is 5.32 Å². The van der Waals surface area contributed by atoms with E-state index in [1.165, 1.54) is 38.0 Å². The van der Waals surface area contributed by atoms with Crippen molar-refractivity contribution in [3.05, 3.63) is 0 Å². The van der Waals surface area contributed by atoms with E-state index in [-0.39, 0.29) is 0 Å². The summed E-state index contributed by atoms with van der Waals surface area (Å²) in [4.78, 5) is 0. The summed E-state index contributed by atoms with van der Waals surface area (Å²) in [6.07, 6.45) is 5.75. The van der Waals surface area contributed by atoms with Gasteiger partial charge in [-0.1, -0.05) is 13.3 Å². The molecule has 70 valence electrons. The topological polar surface area (TPSA) is 12.0 Å². The fourth-order valence-corrected chi connectivity index (χ4v) is 3.87. The average Bonchev–Trinajstić information content (AvgIpc) is 2.17. The van der Waals surface area contributed by atoms with Crippen LogP contribution in [0.2, 0.25) is 0 Å². The summed E-state index contributed by atoms with van der Waals surface area (Å²) < 4.78 is 0. The SMILES string of the molecule is CCC1CCC2NCCSC2C1. The van der Waals surface area contributed by atoms with Crippen molar-refractivity contribution in [1.82, 2.24) is 5.32 Å². The van der Waals surface area contributed by atoms with E-state index >= 15 is 0 Å². The molecule has 3 unspecified atom stereocenters. The highest BCUT2D eigenvalue weighted by molar-refractivity contribution is 8.00. The molecule has 2 fully saturated rings. The van der Waals surface area contributed by atoms with E-state index in [1.54, 1.807) is 0 Å². The van der Waals surface area contributed by atoms with E-state index in [4.69, 9.17) is 0 Å². The lowest BCUT2D eigenvalue weighted by Gasteiger charge is -2.39. The number of hydrogen-bond donors (Lipinski definition) is 1. The molecule has 2 aliphatic rings. The van der Waals surface area contributed by atoms with Gasteiger partial charge in [-0.15, -0.1) is 0 Å². The van der Waals surface area contributed by atoms with Gasteiger partial charge in [0.15, 0.2) is 0 Å². The Bertz CT molecular complexity index is 149. The van der Waals surface area contributed by atoms with Crippen LogP contribution in [-0.2, 0) is 0 Å². The minimum absolute atomic E-state index is 0.853. The molecular weight excluding hydrogens is 166 g/mol. The highest BCUT2D eigenvalue weighted by Crippen LogP contribution is 2.35. The fourth-order valence-electron chi connectivity index (χ4n) is 2.45. The quantitative estimate of drug-likeness (QED) is 0.672. The number of hydrogen-bond acceptors (Lipinski definition) is 2. The van der Waals surface area contributed by atoms with Gasteiger partial charge in [-0.25, -0.2) is 0 Å². The van der Waals surface area contributed by atoms with Gasteiger partial charge in [0.1, 0.15) is 0 Å². The van der Waals surface area contributed by atoms with Gasteiger partial charge in [0.05, 0.1) is 0 Å². The van der Waals surface area contributed by atoms with Crippen molar-refractivity contribution in [3.63, 3.8) is 0 Å². The van der Waals surface area contributed by atoms with E-state index in [2.05, 4.69) is 24.0 Å². The van der Waals surface area contributed by atoms with Gasteiger partial charge in [-0.05, 0) is 25.2 Å². The molecule has 1 N–H and O–H groups in total. The van der Waals surface area contributed by atoms with Crippen molar-refractivity contribution in [2.45, 2.75) is 43.9 Å². The molecular formula is C10H19NS. The largest absolute Gasteiger partial charge is 0.312 e. The van der Waals surface area contributed by atoms with Crippen LogP contribution in [0.3, 0.4) is 0 Å². The molecule has 1 nitrogen and oxygen atoms in total. The third-order valence-electron chi connectivity index (χ3n) is 3.32. The van der Waals surface area contributed by atoms with Crippen LogP contribution in [0.4, 0.5) is 0 Å². The van der Waals surface area contributed by atoms with Crippen molar-refractivity contribution in [2.75, 3.05) is 12.3 Å². The summed E-state index contributed by atoms with van der Waals surface area (Å²) in [6, 6.07) is 0.853. The van der Waals surface area contributed by atoms with Crippen LogP contribution >= 0.6 is 11.8 Å². The average molecular weight is 185 g/mol. The fraction of sp³-hybridized carbons (Fsp3) is 1.00. The van der Waals surface area contributed by atoms with Crippen molar-refractivity contribution in [2.24, 2.45) is 5.92 Å². The van der Waals surface area contributed by atoms with Gasteiger partial charge in [0.25, 0.3) is 0 Å². The van der Waals surface area contributed by atoms with E-state index in [0.29, 0.717) is 0 Å². The first-order chi connectivity index (χ1) is 5.90. The minimum Gasteiger partial charge on any atom is -0.312 e. The summed E-state index contributed by atoms with van der Waals surface area (Å²) in [7, 11) is 0. The van der Waals surface area contributed by atoms with Crippen LogP contribution in [0.5, 0.6) is 0 Å². The molecule has 0 aromatic heterocycles. The maximum Gasteiger partial charge on any atom is 0.0204 e. The molecule has 1 saturated carbocycles. The lowest BCUT2D eigenvalue weighted by molar-refractivity contribution is 0.293. The van der Waals surface area contributed by atoms with Crippen molar-refractivity contribution >= 4 is 11.8 Å². The molecule has 2 rings (SSSR count). The number of nitrogens with one attached hydrogen (secondary N) is 1. The Morgan fingerprint density at radius 2 is 2.33 bits per heavy atom. The summed E-state index contributed by atoms with van der Waals surface area (Å²) in [5.74, 6) is 2.36. The van der Waals surface area contributed by atoms with Gasteiger partial charge in [0.2, 0.25) is 0 Å². The Balaban J connectivity index is 1.90. The van der Waals surface area contributed by atoms with Crippen molar-refractivity contribution in [1.29, 1.82) is 0 Å². The number of fused-ring (bicyclic) bond motifs is 1. The van der Waals surface area contributed by atoms with Crippen LogP contribution in [-0.4, -0.2) is 23.6 Å². The third kappa shape index (κ3) is 1.80. The lowest BCUT2D eigenvalue weighted by Crippen LogP contribution is -2.47. The first-order valence-corrected chi connectivity index (χ1v) is 6.30. The zero-order valence-electron chi connectivity index (χ0n) is 7.88. The van der Waals surface area contributed by atoms with Crippen LogP contribution in [0.1, 0.15) is 32.6 Å². The second-order valence-electron chi connectivity index (χ2n) is 4.06. The summed E-state index contributed by atoms with van der Waals surface area (Å²) in [5, 5.41) is 4.59. The van der Waals surface area contributed by atoms with Gasteiger partial charge >= 0.3 is 0 Å². The lowest BCUT2D eigenvalue weighted by atomic mass is 9.84. The first-order valence-electron chi connectivity index (χ1n) is 5.25. The smallest absolute Gasteiger partial charge is 0.0204 e. The highest BCUT2D eigenvalue weighted by Gasteiger charge is 2.31. The molecule has 1 aliphatic heterocycles. The van der Waals surface area contributed by atoms with Crippen LogP contribution < -0.4 is 5.32 Å². The first kappa shape index (κ1) is 8.89. The Labute approximate surface area is 79.7 Å². The maximum absolute atomic E-state index is 3.64. The monoisotopic (exact) mass is 185 g/mol. The van der Waals surface area contributed by atoms with E-state index in [9.17, 15) is 0 Å². The zero-order chi connectivity index (χ0) is 8.39. The molecule has 0 spiro atoms. The molecule has 0 aromatic rings. The Hall–Kier alpha value is 0.310. The zero-order valence-corrected chi connectivity index (χ0v) is 8.70. The molecule has 2 heteroatoms. The summed E-state index contributed by atoms with van der Waals surface area (Å²) in [5.41, 5.74) is 0. The molecule has 12 heavy (non-hydrogen) atoms. The normalized spacial score (nSPS) is 42.2. The standard InChI is InChI=1S/C10H19NS/c1-2-8-3-4-9-10(7-8)12-6-5-11-9/h8-11H,2-7H2,1H3. The Morgan fingerprint density at radius 1 is 1.42 bits per heavy atom. The Kier molecular flexibility index (Phi) is 2.97. The van der Waals surface area contributed by atoms with Gasteiger partial charge in [0, 0.05) is 23.6 Å². The molecule has 0 amide bonds. The summed E-state index contributed by atoms with van der Waals surface area (Å²) >= 11 is 2.20. The molecule has 1 aliphatic carbocycles. The third-order valence-corrected chi connectivity index (χ3v) is 4.71. The molecule has 3 atom stereocenters.